The van der Waals surface area contributed by atoms with Crippen LogP contribution in [0.1, 0.15) is 5.56 Å². The fourth-order valence-electron chi connectivity index (χ4n) is 3.20. The Hall–Kier alpha value is -3.25. The number of carbonyl (C=O) groups excluding carboxylic acids is 2. The molecule has 0 bridgehead atoms. The molecule has 146 valence electrons. The summed E-state index contributed by atoms with van der Waals surface area (Å²) in [6, 6.07) is 20.9. The molecule has 0 aliphatic carbocycles. The van der Waals surface area contributed by atoms with E-state index in [1.807, 2.05) is 66.7 Å². The Morgan fingerprint density at radius 1 is 0.931 bits per heavy atom. The largest absolute Gasteiger partial charge is 0.496 e. The molecule has 0 N–H and O–H groups in total. The topological polar surface area (TPSA) is 55.8 Å². The molecule has 0 saturated carbocycles. The van der Waals surface area contributed by atoms with E-state index in [0.29, 0.717) is 10.7 Å². The zero-order valence-corrected chi connectivity index (χ0v) is 16.6. The Labute approximate surface area is 172 Å². The number of ether oxygens (including phenoxy) is 2. The molecule has 0 unspecified atom stereocenters. The maximum absolute atomic E-state index is 12.8. The highest BCUT2D eigenvalue weighted by Crippen LogP contribution is 2.35. The normalized spacial score (nSPS) is 15.3. The molecule has 1 aliphatic rings. The van der Waals surface area contributed by atoms with Gasteiger partial charge in [-0.3, -0.25) is 14.5 Å². The summed E-state index contributed by atoms with van der Waals surface area (Å²) in [6.07, 6.45) is 1.77. The second kappa shape index (κ2) is 8.41. The summed E-state index contributed by atoms with van der Waals surface area (Å²) in [7, 11) is 1.63. The van der Waals surface area contributed by atoms with E-state index in [4.69, 9.17) is 9.47 Å². The first kappa shape index (κ1) is 19.1. The van der Waals surface area contributed by atoms with Crippen LogP contribution in [-0.2, 0) is 4.79 Å². The van der Waals surface area contributed by atoms with E-state index in [1.54, 1.807) is 13.2 Å². The minimum Gasteiger partial charge on any atom is -0.496 e. The molecular weight excluding hydrogens is 386 g/mol. The van der Waals surface area contributed by atoms with Gasteiger partial charge in [0.15, 0.2) is 0 Å². The van der Waals surface area contributed by atoms with Crippen LogP contribution in [0, 0.1) is 0 Å². The molecule has 0 spiro atoms. The van der Waals surface area contributed by atoms with Gasteiger partial charge in [0, 0.05) is 5.39 Å². The molecule has 4 rings (SSSR count). The van der Waals surface area contributed by atoms with Crippen molar-refractivity contribution in [2.45, 2.75) is 0 Å². The molecule has 1 fully saturated rings. The van der Waals surface area contributed by atoms with E-state index in [1.165, 1.54) is 4.90 Å². The van der Waals surface area contributed by atoms with Gasteiger partial charge in [-0.25, -0.2) is 0 Å². The Bertz CT molecular complexity index is 1090. The molecule has 0 aromatic heterocycles. The predicted molar refractivity (Wildman–Crippen MR) is 115 cm³/mol. The van der Waals surface area contributed by atoms with Gasteiger partial charge in [-0.2, -0.15) is 0 Å². The first-order valence-corrected chi connectivity index (χ1v) is 9.98. The van der Waals surface area contributed by atoms with E-state index in [0.717, 1.165) is 33.8 Å². The van der Waals surface area contributed by atoms with Crippen LogP contribution in [0.4, 0.5) is 4.79 Å². The molecule has 0 atom stereocenters. The maximum Gasteiger partial charge on any atom is 0.293 e. The number of methoxy groups -OCH3 is 1. The molecule has 3 aromatic rings. The van der Waals surface area contributed by atoms with Gasteiger partial charge < -0.3 is 9.47 Å². The van der Waals surface area contributed by atoms with Crippen molar-refractivity contribution in [3.63, 3.8) is 0 Å². The summed E-state index contributed by atoms with van der Waals surface area (Å²) in [5.74, 6) is 1.18. The van der Waals surface area contributed by atoms with E-state index >= 15 is 0 Å². The van der Waals surface area contributed by atoms with Crippen molar-refractivity contribution >= 4 is 39.8 Å². The fraction of sp³-hybridized carbons (Fsp3) is 0.130. The van der Waals surface area contributed by atoms with Crippen molar-refractivity contribution in [1.82, 2.24) is 4.90 Å². The number of thioether (sulfide) groups is 1. The third kappa shape index (κ3) is 3.98. The summed E-state index contributed by atoms with van der Waals surface area (Å²) < 4.78 is 11.0. The lowest BCUT2D eigenvalue weighted by atomic mass is 10.0. The van der Waals surface area contributed by atoms with Gasteiger partial charge in [-0.1, -0.05) is 48.5 Å². The third-order valence-corrected chi connectivity index (χ3v) is 5.53. The molecule has 0 radical (unpaired) electrons. The third-order valence-electron chi connectivity index (χ3n) is 4.62. The summed E-state index contributed by atoms with van der Waals surface area (Å²) in [5, 5.41) is 1.64. The lowest BCUT2D eigenvalue weighted by Crippen LogP contribution is -2.32. The number of benzene rings is 3. The van der Waals surface area contributed by atoms with Crippen LogP contribution >= 0.6 is 11.8 Å². The number of para-hydroxylation sites is 1. The Kier molecular flexibility index (Phi) is 5.53. The molecule has 3 aromatic carbocycles. The average Bonchev–Trinajstić information content (AvgIpc) is 3.02. The molecular formula is C23H19NO4S. The van der Waals surface area contributed by atoms with Gasteiger partial charge in [0.05, 0.1) is 18.6 Å². The van der Waals surface area contributed by atoms with Gasteiger partial charge in [-0.05, 0) is 47.0 Å². The lowest BCUT2D eigenvalue weighted by Gasteiger charge is -2.13. The summed E-state index contributed by atoms with van der Waals surface area (Å²) in [4.78, 5) is 26.7. The summed E-state index contributed by atoms with van der Waals surface area (Å²) in [5.41, 5.74) is 0.868. The monoisotopic (exact) mass is 405 g/mol. The van der Waals surface area contributed by atoms with Crippen molar-refractivity contribution in [2.75, 3.05) is 20.3 Å². The predicted octanol–water partition coefficient (Wildman–Crippen LogP) is 4.96. The van der Waals surface area contributed by atoms with Crippen LogP contribution < -0.4 is 9.47 Å². The minimum absolute atomic E-state index is 0.209. The lowest BCUT2D eigenvalue weighted by molar-refractivity contribution is -0.123. The second-order valence-electron chi connectivity index (χ2n) is 6.40. The van der Waals surface area contributed by atoms with E-state index in [-0.39, 0.29) is 24.3 Å². The molecule has 2 amide bonds. The number of fused-ring (bicyclic) bond motifs is 1. The Morgan fingerprint density at radius 3 is 2.41 bits per heavy atom. The van der Waals surface area contributed by atoms with Crippen molar-refractivity contribution < 1.29 is 19.1 Å². The summed E-state index contributed by atoms with van der Waals surface area (Å²) >= 11 is 0.953. The van der Waals surface area contributed by atoms with Gasteiger partial charge in [0.1, 0.15) is 18.1 Å². The van der Waals surface area contributed by atoms with Crippen LogP contribution in [0.3, 0.4) is 0 Å². The molecule has 1 heterocycles. The first-order chi connectivity index (χ1) is 14.2. The zero-order valence-electron chi connectivity index (χ0n) is 15.8. The molecule has 1 aliphatic heterocycles. The Balaban J connectivity index is 1.53. The van der Waals surface area contributed by atoms with Crippen LogP contribution in [0.2, 0.25) is 0 Å². The van der Waals surface area contributed by atoms with Crippen LogP contribution in [0.5, 0.6) is 11.5 Å². The highest BCUT2D eigenvalue weighted by molar-refractivity contribution is 8.18. The van der Waals surface area contributed by atoms with Crippen molar-refractivity contribution in [3.05, 3.63) is 77.2 Å². The number of hydrogen-bond donors (Lipinski definition) is 0. The van der Waals surface area contributed by atoms with Crippen molar-refractivity contribution in [3.8, 4) is 11.5 Å². The number of imide groups is 1. The average molecular weight is 405 g/mol. The fourth-order valence-corrected chi connectivity index (χ4v) is 4.06. The van der Waals surface area contributed by atoms with Gasteiger partial charge in [-0.15, -0.1) is 0 Å². The molecule has 1 saturated heterocycles. The van der Waals surface area contributed by atoms with Crippen LogP contribution in [0.25, 0.3) is 16.8 Å². The minimum atomic E-state index is -0.295. The Morgan fingerprint density at radius 2 is 1.66 bits per heavy atom. The summed E-state index contributed by atoms with van der Waals surface area (Å²) in [6.45, 7) is 0.459. The van der Waals surface area contributed by atoms with Crippen molar-refractivity contribution in [1.29, 1.82) is 0 Å². The highest BCUT2D eigenvalue weighted by atomic mass is 32.2. The number of nitrogens with zero attached hydrogens (tertiary/aromatic N) is 1. The first-order valence-electron chi connectivity index (χ1n) is 9.16. The number of hydrogen-bond acceptors (Lipinski definition) is 5. The zero-order chi connectivity index (χ0) is 20.2. The standard InChI is InChI=1S/C23H19NO4S/c1-27-20-12-11-16(18-9-5-6-10-19(18)20)15-21-22(25)24(23(26)29-21)13-14-28-17-7-3-2-4-8-17/h2-12,15H,13-14H2,1H3/b21-15-. The van der Waals surface area contributed by atoms with E-state index in [9.17, 15) is 9.59 Å². The van der Waals surface area contributed by atoms with E-state index < -0.39 is 0 Å². The second-order valence-corrected chi connectivity index (χ2v) is 7.39. The molecule has 6 heteroatoms. The van der Waals surface area contributed by atoms with Crippen LogP contribution in [-0.4, -0.2) is 36.3 Å². The van der Waals surface area contributed by atoms with Gasteiger partial charge >= 0.3 is 0 Å². The quantitative estimate of drug-likeness (QED) is 0.543. The number of rotatable bonds is 6. The number of carbonyl (C=O) groups is 2. The van der Waals surface area contributed by atoms with Crippen LogP contribution in [0.15, 0.2) is 71.6 Å². The van der Waals surface area contributed by atoms with Gasteiger partial charge in [0.2, 0.25) is 0 Å². The van der Waals surface area contributed by atoms with Crippen molar-refractivity contribution in [2.24, 2.45) is 0 Å². The molecule has 5 nitrogen and oxygen atoms in total. The SMILES string of the molecule is COc1ccc(/C=C2\SC(=O)N(CCOc3ccccc3)C2=O)c2ccccc12. The van der Waals surface area contributed by atoms with E-state index in [2.05, 4.69) is 0 Å². The van der Waals surface area contributed by atoms with Gasteiger partial charge in [0.25, 0.3) is 11.1 Å². The maximum atomic E-state index is 12.8. The highest BCUT2D eigenvalue weighted by Gasteiger charge is 2.34. The molecule has 29 heavy (non-hydrogen) atoms. The number of amides is 2. The smallest absolute Gasteiger partial charge is 0.293 e.